The molecule has 3 rings (SSSR count). The van der Waals surface area contributed by atoms with Gasteiger partial charge in [-0.15, -0.1) is 0 Å². The van der Waals surface area contributed by atoms with Gasteiger partial charge in [-0.3, -0.25) is 4.90 Å². The van der Waals surface area contributed by atoms with Crippen molar-refractivity contribution in [2.45, 2.75) is 31.9 Å². The molecule has 27 heavy (non-hydrogen) atoms. The third-order valence-electron chi connectivity index (χ3n) is 5.53. The molecule has 146 valence electrons. The predicted octanol–water partition coefficient (Wildman–Crippen LogP) is 3.50. The number of piperidine rings is 1. The maximum absolute atomic E-state index is 11.2. The van der Waals surface area contributed by atoms with Crippen molar-refractivity contribution in [2.75, 3.05) is 34.4 Å². The lowest BCUT2D eigenvalue weighted by atomic mass is 9.83. The number of hydrogen-bond donors (Lipinski definition) is 1. The van der Waals surface area contributed by atoms with E-state index in [9.17, 15) is 5.11 Å². The maximum atomic E-state index is 11.2. The van der Waals surface area contributed by atoms with Crippen LogP contribution in [0.5, 0.6) is 17.2 Å². The smallest absolute Gasteiger partial charge is 0.161 e. The summed E-state index contributed by atoms with van der Waals surface area (Å²) in [5.74, 6) is 2.26. The molecule has 1 heterocycles. The molecule has 2 aromatic carbocycles. The van der Waals surface area contributed by atoms with Crippen molar-refractivity contribution in [3.05, 3.63) is 53.1 Å². The van der Waals surface area contributed by atoms with Crippen LogP contribution in [0.25, 0.3) is 0 Å². The molecule has 1 fully saturated rings. The molecule has 0 unspecified atom stereocenters. The van der Waals surface area contributed by atoms with Crippen molar-refractivity contribution in [3.8, 4) is 17.2 Å². The zero-order chi connectivity index (χ0) is 19.4. The van der Waals surface area contributed by atoms with Gasteiger partial charge in [0.25, 0.3) is 0 Å². The second-order valence-electron chi connectivity index (χ2n) is 7.14. The molecule has 1 N–H and O–H groups in total. The highest BCUT2D eigenvalue weighted by atomic mass is 16.5. The van der Waals surface area contributed by atoms with Crippen molar-refractivity contribution in [2.24, 2.45) is 0 Å². The number of likely N-dealkylation sites (tertiary alicyclic amines) is 1. The van der Waals surface area contributed by atoms with Gasteiger partial charge in [0.15, 0.2) is 11.5 Å². The number of benzene rings is 2. The largest absolute Gasteiger partial charge is 0.496 e. The van der Waals surface area contributed by atoms with Crippen LogP contribution in [0.1, 0.15) is 29.5 Å². The van der Waals surface area contributed by atoms with Crippen molar-refractivity contribution in [1.29, 1.82) is 0 Å². The van der Waals surface area contributed by atoms with Gasteiger partial charge in [0.2, 0.25) is 0 Å². The quantitative estimate of drug-likeness (QED) is 0.842. The van der Waals surface area contributed by atoms with E-state index < -0.39 is 5.60 Å². The lowest BCUT2D eigenvalue weighted by Gasteiger charge is -2.39. The summed E-state index contributed by atoms with van der Waals surface area (Å²) in [5.41, 5.74) is 2.44. The van der Waals surface area contributed by atoms with E-state index in [4.69, 9.17) is 14.2 Å². The fraction of sp³-hybridized carbons (Fsp3) is 0.455. The van der Waals surface area contributed by atoms with Gasteiger partial charge in [-0.2, -0.15) is 0 Å². The number of hydrogen-bond acceptors (Lipinski definition) is 5. The van der Waals surface area contributed by atoms with Crippen LogP contribution in [0, 0.1) is 6.92 Å². The summed E-state index contributed by atoms with van der Waals surface area (Å²) < 4.78 is 16.3. The molecule has 1 aliphatic heterocycles. The molecular formula is C22H29NO4. The van der Waals surface area contributed by atoms with Gasteiger partial charge in [0.05, 0.1) is 26.9 Å². The molecule has 5 heteroatoms. The third kappa shape index (κ3) is 4.04. The Kier molecular flexibility index (Phi) is 5.92. The highest BCUT2D eigenvalue weighted by Gasteiger charge is 2.36. The van der Waals surface area contributed by atoms with Crippen LogP contribution in [0.3, 0.4) is 0 Å². The third-order valence-corrected chi connectivity index (χ3v) is 5.53. The normalized spacial score (nSPS) is 16.8. The summed E-state index contributed by atoms with van der Waals surface area (Å²) in [6, 6.07) is 11.8. The monoisotopic (exact) mass is 371 g/mol. The van der Waals surface area contributed by atoms with E-state index in [2.05, 4.69) is 17.9 Å². The van der Waals surface area contributed by atoms with E-state index in [1.54, 1.807) is 21.3 Å². The first-order valence-corrected chi connectivity index (χ1v) is 9.30. The number of nitrogens with zero attached hydrogens (tertiary/aromatic N) is 1. The highest BCUT2D eigenvalue weighted by Crippen LogP contribution is 2.38. The number of methoxy groups -OCH3 is 3. The van der Waals surface area contributed by atoms with E-state index >= 15 is 0 Å². The zero-order valence-corrected chi connectivity index (χ0v) is 16.6. The van der Waals surface area contributed by atoms with Crippen LogP contribution in [-0.2, 0) is 12.1 Å². The van der Waals surface area contributed by atoms with Gasteiger partial charge in [-0.05, 0) is 49.1 Å². The SMILES string of the molecule is COc1cc(C)c(CN2CCC(O)(c3ccccc3OC)CC2)cc1OC. The Morgan fingerprint density at radius 3 is 2.15 bits per heavy atom. The number of aliphatic hydroxyl groups is 1. The summed E-state index contributed by atoms with van der Waals surface area (Å²) in [7, 11) is 4.96. The lowest BCUT2D eigenvalue weighted by molar-refractivity contribution is -0.0292. The predicted molar refractivity (Wildman–Crippen MR) is 106 cm³/mol. The fourth-order valence-electron chi connectivity index (χ4n) is 3.81. The highest BCUT2D eigenvalue weighted by molar-refractivity contribution is 5.47. The van der Waals surface area contributed by atoms with Crippen molar-refractivity contribution < 1.29 is 19.3 Å². The van der Waals surface area contributed by atoms with Gasteiger partial charge in [-0.1, -0.05) is 18.2 Å². The summed E-state index contributed by atoms with van der Waals surface area (Å²) in [4.78, 5) is 2.37. The Bertz CT molecular complexity index is 782. The molecular weight excluding hydrogens is 342 g/mol. The fourth-order valence-corrected chi connectivity index (χ4v) is 3.81. The Hall–Kier alpha value is -2.24. The first kappa shape index (κ1) is 19.5. The molecule has 5 nitrogen and oxygen atoms in total. The van der Waals surface area contributed by atoms with E-state index in [1.807, 2.05) is 30.3 Å². The standard InChI is InChI=1S/C22H29NO4/c1-16-13-20(26-3)21(27-4)14-17(16)15-23-11-9-22(24,10-12-23)18-7-5-6-8-19(18)25-2/h5-8,13-14,24H,9-12,15H2,1-4H3. The first-order chi connectivity index (χ1) is 13.0. The Balaban J connectivity index is 1.71. The topological polar surface area (TPSA) is 51.2 Å². The Morgan fingerprint density at radius 1 is 0.926 bits per heavy atom. The minimum Gasteiger partial charge on any atom is -0.496 e. The second kappa shape index (κ2) is 8.19. The maximum Gasteiger partial charge on any atom is 0.161 e. The molecule has 0 aliphatic carbocycles. The van der Waals surface area contributed by atoms with Crippen LogP contribution in [0.2, 0.25) is 0 Å². The molecule has 1 aliphatic rings. The van der Waals surface area contributed by atoms with Crippen LogP contribution in [0.15, 0.2) is 36.4 Å². The number of ether oxygens (including phenoxy) is 3. The van der Waals surface area contributed by atoms with Crippen LogP contribution >= 0.6 is 0 Å². The molecule has 0 radical (unpaired) electrons. The van der Waals surface area contributed by atoms with Gasteiger partial charge < -0.3 is 19.3 Å². The molecule has 1 saturated heterocycles. The van der Waals surface area contributed by atoms with Crippen molar-refractivity contribution in [1.82, 2.24) is 4.90 Å². The minimum atomic E-state index is -0.838. The summed E-state index contributed by atoms with van der Waals surface area (Å²) >= 11 is 0. The Labute approximate surface area is 161 Å². The van der Waals surface area contributed by atoms with E-state index in [0.717, 1.165) is 42.4 Å². The second-order valence-corrected chi connectivity index (χ2v) is 7.14. The van der Waals surface area contributed by atoms with E-state index in [0.29, 0.717) is 12.8 Å². The minimum absolute atomic E-state index is 0.680. The van der Waals surface area contributed by atoms with Gasteiger partial charge >= 0.3 is 0 Å². The summed E-state index contributed by atoms with van der Waals surface area (Å²) in [6.45, 7) is 4.56. The van der Waals surface area contributed by atoms with Gasteiger partial charge in [-0.25, -0.2) is 0 Å². The summed E-state index contributed by atoms with van der Waals surface area (Å²) in [5, 5.41) is 11.2. The molecule has 0 aromatic heterocycles. The van der Waals surface area contributed by atoms with Gasteiger partial charge in [0, 0.05) is 25.2 Å². The number of rotatable bonds is 6. The van der Waals surface area contributed by atoms with Crippen molar-refractivity contribution >= 4 is 0 Å². The molecule has 2 aromatic rings. The van der Waals surface area contributed by atoms with Crippen molar-refractivity contribution in [3.63, 3.8) is 0 Å². The molecule has 0 amide bonds. The number of aryl methyl sites for hydroxylation is 1. The van der Waals surface area contributed by atoms with Gasteiger partial charge in [0.1, 0.15) is 5.75 Å². The lowest BCUT2D eigenvalue weighted by Crippen LogP contribution is -2.42. The molecule has 0 saturated carbocycles. The van der Waals surface area contributed by atoms with Crippen LogP contribution in [0.4, 0.5) is 0 Å². The average Bonchev–Trinajstić information content (AvgIpc) is 2.70. The average molecular weight is 371 g/mol. The van der Waals surface area contributed by atoms with E-state index in [-0.39, 0.29) is 0 Å². The summed E-state index contributed by atoms with van der Waals surface area (Å²) in [6.07, 6.45) is 1.36. The van der Waals surface area contributed by atoms with Crippen LogP contribution in [-0.4, -0.2) is 44.4 Å². The van der Waals surface area contributed by atoms with E-state index in [1.165, 1.54) is 11.1 Å². The number of para-hydroxylation sites is 1. The zero-order valence-electron chi connectivity index (χ0n) is 16.6. The first-order valence-electron chi connectivity index (χ1n) is 9.30. The Morgan fingerprint density at radius 2 is 1.52 bits per heavy atom. The molecule has 0 atom stereocenters. The van der Waals surface area contributed by atoms with Crippen LogP contribution < -0.4 is 14.2 Å². The molecule has 0 spiro atoms. The molecule has 0 bridgehead atoms.